The number of Topliss-reactive ketones (excluding diaryl/α,β-unsaturated/α-hetero) is 1. The Morgan fingerprint density at radius 2 is 2.13 bits per heavy atom. The predicted molar refractivity (Wildman–Crippen MR) is 83.0 cm³/mol. The number of H-pyrrole nitrogens is 1. The first kappa shape index (κ1) is 14.7. The molecule has 1 N–H and O–H groups in total. The van der Waals surface area contributed by atoms with Crippen LogP contribution in [0.2, 0.25) is 0 Å². The number of carbonyl (C=O) groups excluding carboxylic acids is 1. The number of rotatable bonds is 5. The standard InChI is InChI=1S/C16H14N4O3/c1-23-14-6-3-2-5-12(14)13(21)9-11-10-17-16(19-15(11)22)20-8-4-7-18-20/h2-8,10H,9H2,1H3,(H,17,19,22). The summed E-state index contributed by atoms with van der Waals surface area (Å²) >= 11 is 0. The van der Waals surface area contributed by atoms with E-state index in [1.807, 2.05) is 0 Å². The van der Waals surface area contributed by atoms with E-state index in [4.69, 9.17) is 4.74 Å². The molecule has 0 aliphatic heterocycles. The number of nitrogens with one attached hydrogen (secondary N) is 1. The Hall–Kier alpha value is -3.22. The molecule has 0 unspecified atom stereocenters. The third-order valence-corrected chi connectivity index (χ3v) is 3.34. The summed E-state index contributed by atoms with van der Waals surface area (Å²) in [6.45, 7) is 0. The van der Waals surface area contributed by atoms with Crippen molar-refractivity contribution in [2.75, 3.05) is 7.11 Å². The number of benzene rings is 1. The van der Waals surface area contributed by atoms with Gasteiger partial charge < -0.3 is 4.74 Å². The van der Waals surface area contributed by atoms with Crippen LogP contribution in [0.15, 0.2) is 53.7 Å². The fraction of sp³-hybridized carbons (Fsp3) is 0.125. The topological polar surface area (TPSA) is 89.9 Å². The Morgan fingerprint density at radius 3 is 2.83 bits per heavy atom. The van der Waals surface area contributed by atoms with Gasteiger partial charge in [-0.2, -0.15) is 5.10 Å². The van der Waals surface area contributed by atoms with Crippen molar-refractivity contribution in [3.63, 3.8) is 0 Å². The Kier molecular flexibility index (Phi) is 4.01. The van der Waals surface area contributed by atoms with Crippen LogP contribution in [0.25, 0.3) is 5.95 Å². The van der Waals surface area contributed by atoms with Gasteiger partial charge in [-0.1, -0.05) is 12.1 Å². The number of para-hydroxylation sites is 1. The van der Waals surface area contributed by atoms with Gasteiger partial charge >= 0.3 is 0 Å². The molecule has 0 radical (unpaired) electrons. The Bertz CT molecular complexity index is 884. The highest BCUT2D eigenvalue weighted by molar-refractivity contribution is 5.99. The van der Waals surface area contributed by atoms with Crippen LogP contribution in [0, 0.1) is 0 Å². The fourth-order valence-corrected chi connectivity index (χ4v) is 2.19. The van der Waals surface area contributed by atoms with Crippen LogP contribution < -0.4 is 10.3 Å². The summed E-state index contributed by atoms with van der Waals surface area (Å²) in [6.07, 6.45) is 4.59. The van der Waals surface area contributed by atoms with Gasteiger partial charge in [0.1, 0.15) is 5.75 Å². The molecule has 1 aromatic carbocycles. The number of nitrogens with zero attached hydrogens (tertiary/aromatic N) is 3. The zero-order valence-electron chi connectivity index (χ0n) is 12.4. The molecule has 0 amide bonds. The maximum atomic E-state index is 12.4. The molecule has 0 saturated heterocycles. The minimum Gasteiger partial charge on any atom is -0.496 e. The molecule has 7 nitrogen and oxygen atoms in total. The average Bonchev–Trinajstić information content (AvgIpc) is 3.11. The molecule has 0 aliphatic carbocycles. The number of hydrogen-bond donors (Lipinski definition) is 1. The molecule has 2 aromatic heterocycles. The molecule has 2 heterocycles. The van der Waals surface area contributed by atoms with Crippen molar-refractivity contribution in [2.24, 2.45) is 0 Å². The van der Waals surface area contributed by atoms with Crippen LogP contribution in [0.1, 0.15) is 15.9 Å². The van der Waals surface area contributed by atoms with Gasteiger partial charge in [-0.05, 0) is 18.2 Å². The monoisotopic (exact) mass is 310 g/mol. The van der Waals surface area contributed by atoms with Crippen LogP contribution in [0.5, 0.6) is 5.75 Å². The number of hydrogen-bond acceptors (Lipinski definition) is 5. The van der Waals surface area contributed by atoms with Crippen LogP contribution >= 0.6 is 0 Å². The van der Waals surface area contributed by atoms with Crippen LogP contribution in [0.4, 0.5) is 0 Å². The molecular formula is C16H14N4O3. The molecule has 0 spiro atoms. The van der Waals surface area contributed by atoms with E-state index < -0.39 is 0 Å². The van der Waals surface area contributed by atoms with Gasteiger partial charge in [-0.25, -0.2) is 9.67 Å². The Balaban J connectivity index is 1.86. The number of aromatic nitrogens is 4. The summed E-state index contributed by atoms with van der Waals surface area (Å²) in [5, 5.41) is 3.99. The summed E-state index contributed by atoms with van der Waals surface area (Å²) < 4.78 is 6.61. The molecule has 3 rings (SSSR count). The summed E-state index contributed by atoms with van der Waals surface area (Å²) in [4.78, 5) is 31.3. The van der Waals surface area contributed by atoms with E-state index in [1.54, 1.807) is 42.7 Å². The van der Waals surface area contributed by atoms with Gasteiger partial charge in [0, 0.05) is 30.6 Å². The van der Waals surface area contributed by atoms with Crippen molar-refractivity contribution in [1.29, 1.82) is 0 Å². The van der Waals surface area contributed by atoms with E-state index in [2.05, 4.69) is 15.1 Å². The zero-order valence-corrected chi connectivity index (χ0v) is 12.4. The molecule has 0 saturated carbocycles. The van der Waals surface area contributed by atoms with Crippen molar-refractivity contribution in [2.45, 2.75) is 6.42 Å². The van der Waals surface area contributed by atoms with Crippen LogP contribution in [-0.4, -0.2) is 32.6 Å². The molecule has 0 atom stereocenters. The van der Waals surface area contributed by atoms with E-state index in [0.717, 1.165) is 0 Å². The first-order valence-electron chi connectivity index (χ1n) is 6.93. The van der Waals surface area contributed by atoms with Gasteiger partial charge in [0.05, 0.1) is 12.7 Å². The lowest BCUT2D eigenvalue weighted by Gasteiger charge is -2.07. The third-order valence-electron chi connectivity index (χ3n) is 3.34. The number of carbonyl (C=O) groups is 1. The first-order chi connectivity index (χ1) is 11.2. The highest BCUT2D eigenvalue weighted by atomic mass is 16.5. The van der Waals surface area contributed by atoms with Gasteiger partial charge in [0.25, 0.3) is 5.56 Å². The number of aromatic amines is 1. The minimum absolute atomic E-state index is 0.0535. The van der Waals surface area contributed by atoms with Crippen molar-refractivity contribution in [1.82, 2.24) is 19.7 Å². The van der Waals surface area contributed by atoms with Gasteiger partial charge in [-0.15, -0.1) is 0 Å². The van der Waals surface area contributed by atoms with Crippen molar-refractivity contribution < 1.29 is 9.53 Å². The maximum Gasteiger partial charge on any atom is 0.255 e. The summed E-state index contributed by atoms with van der Waals surface area (Å²) in [6, 6.07) is 8.62. The van der Waals surface area contributed by atoms with Gasteiger partial charge in [0.2, 0.25) is 5.95 Å². The molecule has 0 bridgehead atoms. The zero-order chi connectivity index (χ0) is 16.2. The highest BCUT2D eigenvalue weighted by Crippen LogP contribution is 2.18. The number of ketones is 1. The molecule has 7 heteroatoms. The second-order valence-corrected chi connectivity index (χ2v) is 4.81. The average molecular weight is 310 g/mol. The predicted octanol–water partition coefficient (Wildman–Crippen LogP) is 1.39. The van der Waals surface area contributed by atoms with E-state index in [0.29, 0.717) is 17.3 Å². The molecule has 23 heavy (non-hydrogen) atoms. The summed E-state index contributed by atoms with van der Waals surface area (Å²) in [5.74, 6) is 0.574. The first-order valence-corrected chi connectivity index (χ1v) is 6.93. The quantitative estimate of drug-likeness (QED) is 0.719. The third kappa shape index (κ3) is 3.03. The van der Waals surface area contributed by atoms with E-state index >= 15 is 0 Å². The second-order valence-electron chi connectivity index (χ2n) is 4.81. The smallest absolute Gasteiger partial charge is 0.255 e. The SMILES string of the molecule is COc1ccccc1C(=O)Cc1cnc(-n2cccn2)[nH]c1=O. The Labute approximate surface area is 131 Å². The summed E-state index contributed by atoms with van der Waals surface area (Å²) in [5.41, 5.74) is 0.358. The van der Waals surface area contributed by atoms with Crippen molar-refractivity contribution >= 4 is 5.78 Å². The van der Waals surface area contributed by atoms with Gasteiger partial charge in [0.15, 0.2) is 5.78 Å². The molecule has 116 valence electrons. The number of methoxy groups -OCH3 is 1. The van der Waals surface area contributed by atoms with Crippen molar-refractivity contribution in [3.8, 4) is 11.7 Å². The van der Waals surface area contributed by atoms with E-state index in [1.165, 1.54) is 18.0 Å². The largest absolute Gasteiger partial charge is 0.496 e. The normalized spacial score (nSPS) is 10.5. The minimum atomic E-state index is -0.367. The van der Waals surface area contributed by atoms with E-state index in [9.17, 15) is 9.59 Å². The summed E-state index contributed by atoms with van der Waals surface area (Å²) in [7, 11) is 1.50. The molecule has 3 aromatic rings. The maximum absolute atomic E-state index is 12.4. The fourth-order valence-electron chi connectivity index (χ4n) is 2.19. The Morgan fingerprint density at radius 1 is 1.30 bits per heavy atom. The van der Waals surface area contributed by atoms with E-state index in [-0.39, 0.29) is 23.3 Å². The molecule has 0 fully saturated rings. The van der Waals surface area contributed by atoms with Crippen LogP contribution in [0.3, 0.4) is 0 Å². The second kappa shape index (κ2) is 6.27. The molecule has 0 aliphatic rings. The number of ether oxygens (including phenoxy) is 1. The highest BCUT2D eigenvalue weighted by Gasteiger charge is 2.15. The lowest BCUT2D eigenvalue weighted by atomic mass is 10.0. The molecular weight excluding hydrogens is 296 g/mol. The van der Waals surface area contributed by atoms with Gasteiger partial charge in [-0.3, -0.25) is 14.6 Å². The van der Waals surface area contributed by atoms with Crippen molar-refractivity contribution in [3.05, 3.63) is 70.4 Å². The van der Waals surface area contributed by atoms with Crippen LogP contribution in [-0.2, 0) is 6.42 Å². The lowest BCUT2D eigenvalue weighted by Crippen LogP contribution is -2.20. The lowest BCUT2D eigenvalue weighted by molar-refractivity contribution is 0.0989.